The first-order valence-corrected chi connectivity index (χ1v) is 9.39. The number of carbonyl (C=O) groups excluding carboxylic acids is 1. The van der Waals surface area contributed by atoms with Gasteiger partial charge in [-0.3, -0.25) is 9.52 Å². The maximum absolute atomic E-state index is 14.3. The highest BCUT2D eigenvalue weighted by atomic mass is 35.5. The fourth-order valence-electron chi connectivity index (χ4n) is 2.47. The molecule has 3 rings (SSSR count). The number of hydrogen-bond acceptors (Lipinski definition) is 4. The molecule has 0 aliphatic carbocycles. The molecule has 10 heteroatoms. The molecule has 1 saturated heterocycles. The van der Waals surface area contributed by atoms with Gasteiger partial charge in [-0.2, -0.15) is 12.7 Å². The van der Waals surface area contributed by atoms with Crippen LogP contribution < -0.4 is 10.0 Å². The zero-order valence-electron chi connectivity index (χ0n) is 13.3. The van der Waals surface area contributed by atoms with Crippen molar-refractivity contribution in [3.63, 3.8) is 0 Å². The number of nitrogens with one attached hydrogen (secondary N) is 2. The lowest BCUT2D eigenvalue weighted by molar-refractivity contribution is -0.116. The molecular formula is C16H14ClF2N3O3S. The molecule has 0 spiro atoms. The van der Waals surface area contributed by atoms with E-state index in [2.05, 4.69) is 10.0 Å². The van der Waals surface area contributed by atoms with E-state index >= 15 is 0 Å². The van der Waals surface area contributed by atoms with Gasteiger partial charge in [0.15, 0.2) is 11.6 Å². The van der Waals surface area contributed by atoms with E-state index in [4.69, 9.17) is 11.6 Å². The molecule has 2 N–H and O–H groups in total. The Morgan fingerprint density at radius 2 is 1.81 bits per heavy atom. The van der Waals surface area contributed by atoms with E-state index in [1.165, 1.54) is 6.07 Å². The second-order valence-corrected chi connectivity index (χ2v) is 7.70. The van der Waals surface area contributed by atoms with Gasteiger partial charge in [-0.1, -0.05) is 23.7 Å². The molecular weight excluding hydrogens is 388 g/mol. The van der Waals surface area contributed by atoms with Gasteiger partial charge in [-0.25, -0.2) is 8.78 Å². The van der Waals surface area contributed by atoms with E-state index < -0.39 is 27.5 Å². The van der Waals surface area contributed by atoms with E-state index in [0.717, 1.165) is 16.4 Å². The number of anilines is 3. The van der Waals surface area contributed by atoms with Gasteiger partial charge in [0.2, 0.25) is 0 Å². The largest absolute Gasteiger partial charge is 0.350 e. The maximum Gasteiger partial charge on any atom is 0.302 e. The number of Topliss-reactive ketones (excluding diaryl/α,β-unsaturated/α-hetero) is 1. The average molecular weight is 402 g/mol. The second kappa shape index (κ2) is 7.18. The summed E-state index contributed by atoms with van der Waals surface area (Å²) in [4.78, 5) is 11.3. The van der Waals surface area contributed by atoms with Crippen LogP contribution in [0.25, 0.3) is 0 Å². The lowest BCUT2D eigenvalue weighted by atomic mass is 10.2. The van der Waals surface area contributed by atoms with Crippen molar-refractivity contribution in [3.8, 4) is 0 Å². The highest BCUT2D eigenvalue weighted by molar-refractivity contribution is 7.90. The summed E-state index contributed by atoms with van der Waals surface area (Å²) in [6, 6.07) is 8.26. The van der Waals surface area contributed by atoms with Gasteiger partial charge in [0, 0.05) is 13.0 Å². The minimum Gasteiger partial charge on any atom is -0.350 e. The first-order valence-electron chi connectivity index (χ1n) is 7.57. The van der Waals surface area contributed by atoms with Gasteiger partial charge in [-0.05, 0) is 24.3 Å². The molecule has 138 valence electrons. The first-order chi connectivity index (χ1) is 12.3. The van der Waals surface area contributed by atoms with Crippen LogP contribution in [0.1, 0.15) is 6.42 Å². The zero-order chi connectivity index (χ0) is 18.9. The summed E-state index contributed by atoms with van der Waals surface area (Å²) in [5.41, 5.74) is -0.342. The van der Waals surface area contributed by atoms with E-state index in [1.807, 2.05) is 0 Å². The number of ketones is 1. The van der Waals surface area contributed by atoms with Crippen LogP contribution in [0, 0.1) is 11.6 Å². The van der Waals surface area contributed by atoms with Crippen molar-refractivity contribution in [2.24, 2.45) is 0 Å². The molecule has 0 bridgehead atoms. The third-order valence-electron chi connectivity index (χ3n) is 3.80. The van der Waals surface area contributed by atoms with Gasteiger partial charge in [0.05, 0.1) is 22.9 Å². The lowest BCUT2D eigenvalue weighted by Crippen LogP contribution is -2.34. The predicted octanol–water partition coefficient (Wildman–Crippen LogP) is 3.29. The SMILES string of the molecule is O=C1CCN(S(=O)(=O)Nc2ccc(F)c(F)c2Nc2ccccc2Cl)C1. The van der Waals surface area contributed by atoms with Crippen molar-refractivity contribution in [2.45, 2.75) is 6.42 Å². The molecule has 2 aromatic carbocycles. The monoisotopic (exact) mass is 401 g/mol. The van der Waals surface area contributed by atoms with Crippen molar-refractivity contribution < 1.29 is 22.0 Å². The summed E-state index contributed by atoms with van der Waals surface area (Å²) < 4.78 is 55.9. The van der Waals surface area contributed by atoms with Crippen LogP contribution in [0.15, 0.2) is 36.4 Å². The van der Waals surface area contributed by atoms with E-state index in [-0.39, 0.29) is 41.7 Å². The third kappa shape index (κ3) is 3.79. The Bertz CT molecular complexity index is 969. The Hall–Kier alpha value is -2.23. The van der Waals surface area contributed by atoms with Crippen LogP contribution in [-0.2, 0) is 15.0 Å². The summed E-state index contributed by atoms with van der Waals surface area (Å²) >= 11 is 6.01. The van der Waals surface area contributed by atoms with Crippen LogP contribution in [0.2, 0.25) is 5.02 Å². The lowest BCUT2D eigenvalue weighted by Gasteiger charge is -2.19. The van der Waals surface area contributed by atoms with Crippen LogP contribution in [0.4, 0.5) is 25.8 Å². The summed E-state index contributed by atoms with van der Waals surface area (Å²) in [5.74, 6) is -2.63. The predicted molar refractivity (Wildman–Crippen MR) is 94.8 cm³/mol. The third-order valence-corrected chi connectivity index (χ3v) is 5.60. The van der Waals surface area contributed by atoms with E-state index in [9.17, 15) is 22.0 Å². The Morgan fingerprint density at radius 3 is 2.46 bits per heavy atom. The smallest absolute Gasteiger partial charge is 0.302 e. The number of rotatable bonds is 5. The molecule has 0 amide bonds. The standard InChI is InChI=1S/C16H14ClF2N3O3S/c17-11-3-1-2-4-13(11)20-16-14(6-5-12(18)15(16)19)21-26(24,25)22-8-7-10(23)9-22/h1-6,20-21H,7-9H2. The summed E-state index contributed by atoms with van der Waals surface area (Å²) in [5, 5.41) is 2.86. The number of nitrogens with zero attached hydrogens (tertiary/aromatic N) is 1. The fourth-order valence-corrected chi connectivity index (χ4v) is 3.87. The molecule has 2 aromatic rings. The number of para-hydroxylation sites is 1. The molecule has 6 nitrogen and oxygen atoms in total. The van der Waals surface area contributed by atoms with Gasteiger partial charge in [-0.15, -0.1) is 0 Å². The van der Waals surface area contributed by atoms with Gasteiger partial charge >= 0.3 is 10.2 Å². The molecule has 0 atom stereocenters. The number of benzene rings is 2. The van der Waals surface area contributed by atoms with Crippen LogP contribution in [0.5, 0.6) is 0 Å². The summed E-state index contributed by atoms with van der Waals surface area (Å²) in [6.07, 6.45) is 0.115. The van der Waals surface area contributed by atoms with Crippen molar-refractivity contribution in [3.05, 3.63) is 53.1 Å². The Balaban J connectivity index is 1.96. The van der Waals surface area contributed by atoms with Crippen LogP contribution >= 0.6 is 11.6 Å². The van der Waals surface area contributed by atoms with Crippen molar-refractivity contribution in [1.29, 1.82) is 0 Å². The Kier molecular flexibility index (Phi) is 5.12. The van der Waals surface area contributed by atoms with Crippen LogP contribution in [0.3, 0.4) is 0 Å². The molecule has 1 aliphatic rings. The second-order valence-electron chi connectivity index (χ2n) is 5.62. The molecule has 0 aromatic heterocycles. The molecule has 0 unspecified atom stereocenters. The maximum atomic E-state index is 14.3. The molecule has 0 saturated carbocycles. The molecule has 1 fully saturated rings. The van der Waals surface area contributed by atoms with E-state index in [1.54, 1.807) is 18.2 Å². The number of carbonyl (C=O) groups is 1. The molecule has 0 radical (unpaired) electrons. The fraction of sp³-hybridized carbons (Fsp3) is 0.188. The Labute approximate surface area is 153 Å². The zero-order valence-corrected chi connectivity index (χ0v) is 14.9. The van der Waals surface area contributed by atoms with Gasteiger partial charge in [0.25, 0.3) is 0 Å². The highest BCUT2D eigenvalue weighted by Crippen LogP contribution is 2.34. The summed E-state index contributed by atoms with van der Waals surface area (Å²) in [6.45, 7) is -0.225. The van der Waals surface area contributed by atoms with Gasteiger partial charge < -0.3 is 5.32 Å². The normalized spacial score (nSPS) is 15.3. The Morgan fingerprint density at radius 1 is 1.08 bits per heavy atom. The van der Waals surface area contributed by atoms with Gasteiger partial charge in [0.1, 0.15) is 11.5 Å². The first kappa shape index (κ1) is 18.6. The molecule has 1 aliphatic heterocycles. The minimum absolute atomic E-state index is 0.0329. The topological polar surface area (TPSA) is 78.5 Å². The number of halogens is 3. The average Bonchev–Trinajstić information content (AvgIpc) is 3.03. The molecule has 1 heterocycles. The van der Waals surface area contributed by atoms with Crippen molar-refractivity contribution in [2.75, 3.05) is 23.1 Å². The van der Waals surface area contributed by atoms with Crippen LogP contribution in [-0.4, -0.2) is 31.6 Å². The minimum atomic E-state index is -4.10. The van der Waals surface area contributed by atoms with Crippen molar-refractivity contribution >= 4 is 44.7 Å². The van der Waals surface area contributed by atoms with Crippen molar-refractivity contribution in [1.82, 2.24) is 4.31 Å². The van der Waals surface area contributed by atoms with E-state index in [0.29, 0.717) is 0 Å². The quantitative estimate of drug-likeness (QED) is 0.805. The molecule has 26 heavy (non-hydrogen) atoms. The number of hydrogen-bond donors (Lipinski definition) is 2. The summed E-state index contributed by atoms with van der Waals surface area (Å²) in [7, 11) is -4.10. The highest BCUT2D eigenvalue weighted by Gasteiger charge is 2.31.